The summed E-state index contributed by atoms with van der Waals surface area (Å²) in [4.78, 5) is 31.2. The van der Waals surface area contributed by atoms with Crippen molar-refractivity contribution in [3.05, 3.63) is 106 Å². The number of hydrogen-bond donors (Lipinski definition) is 1. The molecule has 0 spiro atoms. The van der Waals surface area contributed by atoms with Crippen LogP contribution in [0.2, 0.25) is 0 Å². The van der Waals surface area contributed by atoms with Crippen molar-refractivity contribution in [1.29, 1.82) is 0 Å². The second kappa shape index (κ2) is 8.10. The maximum atomic E-state index is 13.7. The molecular weight excluding hydrogens is 402 g/mol. The number of halogens is 2. The summed E-state index contributed by atoms with van der Waals surface area (Å²) in [5.41, 5.74) is 1.57. The molecule has 0 aliphatic carbocycles. The molecular formula is C24H18F2N2O3. The molecule has 1 atom stereocenters. The fourth-order valence-electron chi connectivity index (χ4n) is 3.66. The van der Waals surface area contributed by atoms with E-state index in [1.807, 2.05) is 0 Å². The number of carbonyl (C=O) groups is 2. The Hall–Kier alpha value is -3.87. The van der Waals surface area contributed by atoms with Crippen LogP contribution in [0.4, 0.5) is 8.78 Å². The summed E-state index contributed by atoms with van der Waals surface area (Å²) in [6, 6.07) is 12.0. The minimum absolute atomic E-state index is 0.0314. The summed E-state index contributed by atoms with van der Waals surface area (Å²) in [6.07, 6.45) is 3.07. The van der Waals surface area contributed by atoms with E-state index in [0.29, 0.717) is 16.7 Å². The molecule has 1 N–H and O–H groups in total. The third kappa shape index (κ3) is 3.82. The van der Waals surface area contributed by atoms with Crippen LogP contribution in [0.25, 0.3) is 5.76 Å². The Morgan fingerprint density at radius 1 is 1.10 bits per heavy atom. The van der Waals surface area contributed by atoms with Crippen molar-refractivity contribution in [2.75, 3.05) is 0 Å². The number of aromatic nitrogens is 1. The highest BCUT2D eigenvalue weighted by Gasteiger charge is 2.46. The summed E-state index contributed by atoms with van der Waals surface area (Å²) < 4.78 is 27.0. The third-order valence-corrected chi connectivity index (χ3v) is 5.24. The number of rotatable bonds is 4. The van der Waals surface area contributed by atoms with E-state index in [2.05, 4.69) is 4.98 Å². The highest BCUT2D eigenvalue weighted by atomic mass is 19.1. The lowest BCUT2D eigenvalue weighted by Gasteiger charge is -2.25. The van der Waals surface area contributed by atoms with Crippen LogP contribution < -0.4 is 0 Å². The molecule has 1 saturated heterocycles. The van der Waals surface area contributed by atoms with Gasteiger partial charge in [-0.15, -0.1) is 0 Å². The lowest BCUT2D eigenvalue weighted by Crippen LogP contribution is -2.29. The van der Waals surface area contributed by atoms with Gasteiger partial charge in [0.15, 0.2) is 0 Å². The highest BCUT2D eigenvalue weighted by molar-refractivity contribution is 6.46. The molecule has 2 aromatic carbocycles. The van der Waals surface area contributed by atoms with Gasteiger partial charge in [0.2, 0.25) is 0 Å². The molecule has 1 aliphatic heterocycles. The Kier molecular flexibility index (Phi) is 5.33. The van der Waals surface area contributed by atoms with E-state index in [-0.39, 0.29) is 17.7 Å². The van der Waals surface area contributed by atoms with Gasteiger partial charge < -0.3 is 10.0 Å². The number of benzene rings is 2. The number of aliphatic hydroxyl groups is 1. The first-order chi connectivity index (χ1) is 14.9. The van der Waals surface area contributed by atoms with Gasteiger partial charge in [-0.2, -0.15) is 0 Å². The molecule has 5 nitrogen and oxygen atoms in total. The van der Waals surface area contributed by atoms with Crippen LogP contribution in [-0.4, -0.2) is 26.7 Å². The van der Waals surface area contributed by atoms with Crippen LogP contribution in [0.5, 0.6) is 0 Å². The first-order valence-electron chi connectivity index (χ1n) is 9.56. The summed E-state index contributed by atoms with van der Waals surface area (Å²) in [7, 11) is 0. The maximum absolute atomic E-state index is 13.7. The number of amides is 1. The van der Waals surface area contributed by atoms with Crippen molar-refractivity contribution in [3.8, 4) is 0 Å². The molecule has 3 aromatic rings. The van der Waals surface area contributed by atoms with Crippen LogP contribution in [-0.2, 0) is 16.1 Å². The number of nitrogens with zero attached hydrogens (tertiary/aromatic N) is 2. The van der Waals surface area contributed by atoms with Gasteiger partial charge in [0, 0.05) is 24.5 Å². The molecule has 0 radical (unpaired) electrons. The monoisotopic (exact) mass is 420 g/mol. The van der Waals surface area contributed by atoms with Gasteiger partial charge >= 0.3 is 0 Å². The second-order valence-electron chi connectivity index (χ2n) is 7.30. The fraction of sp³-hybridized carbons (Fsp3) is 0.125. The first-order valence-corrected chi connectivity index (χ1v) is 9.56. The Balaban J connectivity index is 1.85. The van der Waals surface area contributed by atoms with E-state index >= 15 is 0 Å². The lowest BCUT2D eigenvalue weighted by atomic mass is 9.95. The number of Topliss-reactive ketones (excluding diaryl/α,β-unsaturated/α-hetero) is 1. The predicted octanol–water partition coefficient (Wildman–Crippen LogP) is 4.29. The van der Waals surface area contributed by atoms with E-state index in [4.69, 9.17) is 0 Å². The van der Waals surface area contributed by atoms with Crippen LogP contribution in [0, 0.1) is 18.6 Å². The standard InChI is InChI=1S/C24H18F2N2O3/c1-14-11-16(6-9-19(14)26)22(29)20-21(17-3-2-10-27-12-17)28(24(31)23(20)30)13-15-4-7-18(25)8-5-15/h2-12,21,29H,13H2,1H3/b22-20-. The van der Waals surface area contributed by atoms with E-state index < -0.39 is 35.1 Å². The molecule has 31 heavy (non-hydrogen) atoms. The molecule has 1 unspecified atom stereocenters. The number of pyridine rings is 1. The van der Waals surface area contributed by atoms with Gasteiger partial charge in [0.05, 0.1) is 11.6 Å². The molecule has 0 saturated carbocycles. The number of aliphatic hydroxyl groups excluding tert-OH is 1. The van der Waals surface area contributed by atoms with E-state index in [1.54, 1.807) is 18.3 Å². The van der Waals surface area contributed by atoms with Crippen LogP contribution in [0.3, 0.4) is 0 Å². The van der Waals surface area contributed by atoms with Gasteiger partial charge in [0.1, 0.15) is 17.4 Å². The molecule has 2 heterocycles. The summed E-state index contributed by atoms with van der Waals surface area (Å²) in [5.74, 6) is -2.90. The molecule has 0 bridgehead atoms. The van der Waals surface area contributed by atoms with Crippen LogP contribution in [0.15, 0.2) is 72.6 Å². The average molecular weight is 420 g/mol. The first kappa shape index (κ1) is 20.4. The average Bonchev–Trinajstić information content (AvgIpc) is 3.02. The molecule has 7 heteroatoms. The Labute approximate surface area is 177 Å². The zero-order valence-electron chi connectivity index (χ0n) is 16.5. The van der Waals surface area contributed by atoms with Crippen molar-refractivity contribution < 1.29 is 23.5 Å². The molecule has 156 valence electrons. The summed E-state index contributed by atoms with van der Waals surface area (Å²) in [5, 5.41) is 11.0. The van der Waals surface area contributed by atoms with Gasteiger partial charge in [-0.25, -0.2) is 8.78 Å². The minimum atomic E-state index is -0.899. The maximum Gasteiger partial charge on any atom is 0.295 e. The van der Waals surface area contributed by atoms with Gasteiger partial charge in [-0.3, -0.25) is 14.6 Å². The zero-order chi connectivity index (χ0) is 22.1. The van der Waals surface area contributed by atoms with Crippen LogP contribution in [0.1, 0.15) is 28.3 Å². The lowest BCUT2D eigenvalue weighted by molar-refractivity contribution is -0.140. The van der Waals surface area contributed by atoms with Crippen molar-refractivity contribution >= 4 is 17.4 Å². The van der Waals surface area contributed by atoms with Crippen molar-refractivity contribution in [1.82, 2.24) is 9.88 Å². The Bertz CT molecular complexity index is 1190. The third-order valence-electron chi connectivity index (χ3n) is 5.24. The number of ketones is 1. The van der Waals surface area contributed by atoms with Gasteiger partial charge in [-0.1, -0.05) is 18.2 Å². The van der Waals surface area contributed by atoms with E-state index in [0.717, 1.165) is 0 Å². The molecule has 1 aliphatic rings. The molecule has 1 fully saturated rings. The largest absolute Gasteiger partial charge is 0.507 e. The quantitative estimate of drug-likeness (QED) is 0.388. The summed E-state index contributed by atoms with van der Waals surface area (Å²) in [6.45, 7) is 1.57. The Morgan fingerprint density at radius 3 is 2.48 bits per heavy atom. The number of carbonyl (C=O) groups excluding carboxylic acids is 2. The van der Waals surface area contributed by atoms with E-state index in [1.165, 1.54) is 60.5 Å². The van der Waals surface area contributed by atoms with Crippen molar-refractivity contribution in [2.24, 2.45) is 0 Å². The van der Waals surface area contributed by atoms with Gasteiger partial charge in [0.25, 0.3) is 11.7 Å². The topological polar surface area (TPSA) is 70.5 Å². The van der Waals surface area contributed by atoms with Crippen LogP contribution >= 0.6 is 0 Å². The van der Waals surface area contributed by atoms with Gasteiger partial charge in [-0.05, 0) is 60.0 Å². The van der Waals surface area contributed by atoms with Crippen molar-refractivity contribution in [3.63, 3.8) is 0 Å². The SMILES string of the molecule is Cc1cc(/C(O)=C2/C(=O)C(=O)N(Cc3ccc(F)cc3)C2c2cccnc2)ccc1F. The fourth-order valence-corrected chi connectivity index (χ4v) is 3.66. The molecule has 4 rings (SSSR count). The number of hydrogen-bond acceptors (Lipinski definition) is 4. The summed E-state index contributed by atoms with van der Waals surface area (Å²) >= 11 is 0. The Morgan fingerprint density at radius 2 is 1.84 bits per heavy atom. The number of aryl methyl sites for hydroxylation is 1. The second-order valence-corrected chi connectivity index (χ2v) is 7.30. The minimum Gasteiger partial charge on any atom is -0.507 e. The normalized spacial score (nSPS) is 17.9. The highest BCUT2D eigenvalue weighted by Crippen LogP contribution is 2.40. The predicted molar refractivity (Wildman–Crippen MR) is 110 cm³/mol. The molecule has 1 amide bonds. The van der Waals surface area contributed by atoms with Crippen molar-refractivity contribution in [2.45, 2.75) is 19.5 Å². The smallest absolute Gasteiger partial charge is 0.295 e. The number of likely N-dealkylation sites (tertiary alicyclic amines) is 1. The molecule has 1 aromatic heterocycles. The zero-order valence-corrected chi connectivity index (χ0v) is 16.5. The van der Waals surface area contributed by atoms with E-state index in [9.17, 15) is 23.5 Å².